The molecule has 3 aromatic rings. The van der Waals surface area contributed by atoms with Crippen LogP contribution >= 0.6 is 0 Å². The van der Waals surface area contributed by atoms with Gasteiger partial charge in [-0.2, -0.15) is 5.10 Å². The van der Waals surface area contributed by atoms with Gasteiger partial charge in [0.2, 0.25) is 0 Å². The number of aryl methyl sites for hydroxylation is 1. The standard InChI is InChI=1S/C17H17N3O3S/c1-12-11-17(19-18-12)13-3-5-14(6-4-13)20-24(21,22)16-9-7-15(23-2)8-10-16/h3-11,20H,1-2H3,(H,18,19). The van der Waals surface area contributed by atoms with Crippen LogP contribution in [0.3, 0.4) is 0 Å². The van der Waals surface area contributed by atoms with Gasteiger partial charge in [-0.05, 0) is 49.4 Å². The van der Waals surface area contributed by atoms with Gasteiger partial charge in [0.25, 0.3) is 10.0 Å². The molecule has 0 spiro atoms. The summed E-state index contributed by atoms with van der Waals surface area (Å²) in [7, 11) is -2.11. The van der Waals surface area contributed by atoms with Crippen molar-refractivity contribution in [3.8, 4) is 17.0 Å². The summed E-state index contributed by atoms with van der Waals surface area (Å²) >= 11 is 0. The Morgan fingerprint density at radius 3 is 2.25 bits per heavy atom. The number of ether oxygens (including phenoxy) is 1. The first-order chi connectivity index (χ1) is 11.5. The molecule has 0 bridgehead atoms. The van der Waals surface area contributed by atoms with Crippen molar-refractivity contribution in [3.05, 3.63) is 60.3 Å². The van der Waals surface area contributed by atoms with Crippen molar-refractivity contribution in [3.63, 3.8) is 0 Å². The highest BCUT2D eigenvalue weighted by molar-refractivity contribution is 7.92. The summed E-state index contributed by atoms with van der Waals surface area (Å²) in [5.41, 5.74) is 3.18. The van der Waals surface area contributed by atoms with Crippen molar-refractivity contribution in [1.29, 1.82) is 0 Å². The molecule has 0 amide bonds. The van der Waals surface area contributed by atoms with E-state index in [1.165, 1.54) is 19.2 Å². The van der Waals surface area contributed by atoms with E-state index < -0.39 is 10.0 Å². The zero-order valence-electron chi connectivity index (χ0n) is 13.3. The Hall–Kier alpha value is -2.80. The molecule has 3 rings (SSSR count). The van der Waals surface area contributed by atoms with E-state index in [4.69, 9.17) is 4.74 Å². The van der Waals surface area contributed by atoms with Gasteiger partial charge in [-0.15, -0.1) is 0 Å². The Balaban J connectivity index is 1.79. The topological polar surface area (TPSA) is 84.1 Å². The van der Waals surface area contributed by atoms with E-state index in [0.29, 0.717) is 11.4 Å². The van der Waals surface area contributed by atoms with Crippen LogP contribution in [0.4, 0.5) is 5.69 Å². The number of nitrogens with zero attached hydrogens (tertiary/aromatic N) is 1. The highest BCUT2D eigenvalue weighted by Gasteiger charge is 2.14. The van der Waals surface area contributed by atoms with E-state index in [1.54, 1.807) is 24.3 Å². The fraction of sp³-hybridized carbons (Fsp3) is 0.118. The minimum absolute atomic E-state index is 0.176. The largest absolute Gasteiger partial charge is 0.497 e. The summed E-state index contributed by atoms with van der Waals surface area (Å²) in [5.74, 6) is 0.604. The molecular weight excluding hydrogens is 326 g/mol. The van der Waals surface area contributed by atoms with Crippen LogP contribution in [0, 0.1) is 6.92 Å². The molecule has 6 nitrogen and oxygen atoms in total. The minimum Gasteiger partial charge on any atom is -0.497 e. The zero-order chi connectivity index (χ0) is 17.2. The van der Waals surface area contributed by atoms with Gasteiger partial charge >= 0.3 is 0 Å². The number of nitrogens with one attached hydrogen (secondary N) is 2. The second-order valence-electron chi connectivity index (χ2n) is 5.29. The molecular formula is C17H17N3O3S. The SMILES string of the molecule is COc1ccc(S(=O)(=O)Nc2ccc(-c3cc(C)[nH]n3)cc2)cc1. The maximum atomic E-state index is 12.4. The molecule has 0 saturated carbocycles. The Kier molecular flexibility index (Phi) is 4.26. The first kappa shape index (κ1) is 16.1. The average Bonchev–Trinajstić information content (AvgIpc) is 3.02. The average molecular weight is 343 g/mol. The Morgan fingerprint density at radius 1 is 1.04 bits per heavy atom. The molecule has 0 atom stereocenters. The Labute approximate surface area is 140 Å². The molecule has 0 aliphatic carbocycles. The number of benzene rings is 2. The number of anilines is 1. The third kappa shape index (κ3) is 3.41. The molecule has 0 aliphatic rings. The van der Waals surface area contributed by atoms with Crippen LogP contribution < -0.4 is 9.46 Å². The minimum atomic E-state index is -3.64. The van der Waals surface area contributed by atoms with Crippen LogP contribution in [-0.2, 0) is 10.0 Å². The predicted octanol–water partition coefficient (Wildman–Crippen LogP) is 3.19. The molecule has 1 aromatic heterocycles. The van der Waals surface area contributed by atoms with Gasteiger partial charge in [0.05, 0.1) is 17.7 Å². The molecule has 7 heteroatoms. The van der Waals surface area contributed by atoms with Crippen molar-refractivity contribution in [2.75, 3.05) is 11.8 Å². The normalized spacial score (nSPS) is 11.2. The number of hydrogen-bond donors (Lipinski definition) is 2. The molecule has 124 valence electrons. The highest BCUT2D eigenvalue weighted by atomic mass is 32.2. The van der Waals surface area contributed by atoms with Crippen LogP contribution in [0.5, 0.6) is 5.75 Å². The number of aromatic nitrogens is 2. The van der Waals surface area contributed by atoms with Gasteiger partial charge in [0, 0.05) is 16.9 Å². The van der Waals surface area contributed by atoms with E-state index in [0.717, 1.165) is 17.0 Å². The molecule has 0 saturated heterocycles. The first-order valence-electron chi connectivity index (χ1n) is 7.27. The van der Waals surface area contributed by atoms with Crippen LogP contribution in [0.2, 0.25) is 0 Å². The van der Waals surface area contributed by atoms with Crippen LogP contribution in [0.1, 0.15) is 5.69 Å². The molecule has 0 unspecified atom stereocenters. The monoisotopic (exact) mass is 343 g/mol. The first-order valence-corrected chi connectivity index (χ1v) is 8.75. The number of H-pyrrole nitrogens is 1. The predicted molar refractivity (Wildman–Crippen MR) is 92.6 cm³/mol. The summed E-state index contributed by atoms with van der Waals surface area (Å²) in [6, 6.07) is 15.2. The third-order valence-corrected chi connectivity index (χ3v) is 4.91. The maximum absolute atomic E-state index is 12.4. The lowest BCUT2D eigenvalue weighted by molar-refractivity contribution is 0.414. The molecule has 0 fully saturated rings. The second-order valence-corrected chi connectivity index (χ2v) is 6.98. The highest BCUT2D eigenvalue weighted by Crippen LogP contribution is 2.22. The summed E-state index contributed by atoms with van der Waals surface area (Å²) < 4.78 is 32.4. The van der Waals surface area contributed by atoms with E-state index in [1.807, 2.05) is 25.1 Å². The van der Waals surface area contributed by atoms with Gasteiger partial charge in [0.1, 0.15) is 5.75 Å². The van der Waals surface area contributed by atoms with E-state index in [2.05, 4.69) is 14.9 Å². The second kappa shape index (κ2) is 6.37. The van der Waals surface area contributed by atoms with Crippen molar-refractivity contribution in [2.24, 2.45) is 0 Å². The van der Waals surface area contributed by atoms with E-state index >= 15 is 0 Å². The van der Waals surface area contributed by atoms with Gasteiger partial charge in [-0.1, -0.05) is 12.1 Å². The fourth-order valence-electron chi connectivity index (χ4n) is 2.24. The Morgan fingerprint density at radius 2 is 1.71 bits per heavy atom. The number of sulfonamides is 1. The summed E-state index contributed by atoms with van der Waals surface area (Å²) in [6.45, 7) is 1.92. The molecule has 2 N–H and O–H groups in total. The number of methoxy groups -OCH3 is 1. The van der Waals surface area contributed by atoms with Crippen LogP contribution in [-0.4, -0.2) is 25.7 Å². The lowest BCUT2D eigenvalue weighted by Crippen LogP contribution is -2.12. The molecule has 0 radical (unpaired) electrons. The van der Waals surface area contributed by atoms with Crippen LogP contribution in [0.15, 0.2) is 59.5 Å². The lowest BCUT2D eigenvalue weighted by Gasteiger charge is -2.09. The fourth-order valence-corrected chi connectivity index (χ4v) is 3.30. The van der Waals surface area contributed by atoms with Gasteiger partial charge in [-0.3, -0.25) is 9.82 Å². The summed E-state index contributed by atoms with van der Waals surface area (Å²) in [5, 5.41) is 7.06. The summed E-state index contributed by atoms with van der Waals surface area (Å²) in [4.78, 5) is 0.176. The zero-order valence-corrected chi connectivity index (χ0v) is 14.1. The van der Waals surface area contributed by atoms with Crippen molar-refractivity contribution in [1.82, 2.24) is 10.2 Å². The Bertz CT molecular complexity index is 930. The van der Waals surface area contributed by atoms with Crippen molar-refractivity contribution >= 4 is 15.7 Å². The maximum Gasteiger partial charge on any atom is 0.261 e. The molecule has 2 aromatic carbocycles. The van der Waals surface area contributed by atoms with E-state index in [-0.39, 0.29) is 4.90 Å². The van der Waals surface area contributed by atoms with E-state index in [9.17, 15) is 8.42 Å². The lowest BCUT2D eigenvalue weighted by atomic mass is 10.1. The van der Waals surface area contributed by atoms with Gasteiger partial charge in [-0.25, -0.2) is 8.42 Å². The molecule has 24 heavy (non-hydrogen) atoms. The summed E-state index contributed by atoms with van der Waals surface area (Å²) in [6.07, 6.45) is 0. The molecule has 0 aliphatic heterocycles. The van der Waals surface area contributed by atoms with Crippen molar-refractivity contribution in [2.45, 2.75) is 11.8 Å². The van der Waals surface area contributed by atoms with Crippen molar-refractivity contribution < 1.29 is 13.2 Å². The molecule has 1 heterocycles. The van der Waals surface area contributed by atoms with Crippen LogP contribution in [0.25, 0.3) is 11.3 Å². The smallest absolute Gasteiger partial charge is 0.261 e. The van der Waals surface area contributed by atoms with Gasteiger partial charge < -0.3 is 4.74 Å². The number of aromatic amines is 1. The number of hydrogen-bond acceptors (Lipinski definition) is 4. The number of rotatable bonds is 5. The van der Waals surface area contributed by atoms with Gasteiger partial charge in [0.15, 0.2) is 0 Å². The quantitative estimate of drug-likeness (QED) is 0.745. The third-order valence-electron chi connectivity index (χ3n) is 3.51.